The zero-order chi connectivity index (χ0) is 16.2. The van der Waals surface area contributed by atoms with Crippen LogP contribution >= 0.6 is 0 Å². The Balaban J connectivity index is 2.98. The zero-order valence-corrected chi connectivity index (χ0v) is 13.1. The van der Waals surface area contributed by atoms with Crippen LogP contribution in [0.1, 0.15) is 24.7 Å². The number of sulfonamides is 1. The van der Waals surface area contributed by atoms with Crippen LogP contribution in [0, 0.1) is 19.8 Å². The molecule has 0 spiro atoms. The molecule has 9 heteroatoms. The van der Waals surface area contributed by atoms with Crippen molar-refractivity contribution in [2.24, 2.45) is 5.92 Å². The molecule has 0 radical (unpaired) electrons. The number of carboxylic acid groups (broad SMARTS) is 1. The highest BCUT2D eigenvalue weighted by Crippen LogP contribution is 2.19. The average Bonchev–Trinajstić information content (AvgIpc) is 2.62. The molecule has 1 aromatic heterocycles. The average molecular weight is 319 g/mol. The standard InChI is InChI=1S/C12H21N3O5S/c1-8(4-5-16)6-13-21(19,20)12-9(2)14-15(10(12)3)7-11(17)18/h8,13,16H,4-7H2,1-3H3,(H,17,18). The van der Waals surface area contributed by atoms with Gasteiger partial charge < -0.3 is 10.2 Å². The Bertz CT molecular complexity index is 609. The number of aliphatic carboxylic acids is 1. The summed E-state index contributed by atoms with van der Waals surface area (Å²) in [7, 11) is -3.76. The van der Waals surface area contributed by atoms with E-state index in [1.54, 1.807) is 0 Å². The summed E-state index contributed by atoms with van der Waals surface area (Å²) in [6, 6.07) is 0. The Hall–Kier alpha value is -1.45. The Morgan fingerprint density at radius 1 is 1.43 bits per heavy atom. The molecule has 0 saturated heterocycles. The zero-order valence-electron chi connectivity index (χ0n) is 12.3. The molecule has 1 rings (SSSR count). The minimum Gasteiger partial charge on any atom is -0.480 e. The highest BCUT2D eigenvalue weighted by Gasteiger charge is 2.25. The van der Waals surface area contributed by atoms with Gasteiger partial charge in [0.05, 0.1) is 11.4 Å². The maximum atomic E-state index is 12.3. The molecule has 1 atom stereocenters. The number of rotatable bonds is 8. The third kappa shape index (κ3) is 4.51. The van der Waals surface area contributed by atoms with E-state index in [9.17, 15) is 13.2 Å². The van der Waals surface area contributed by atoms with Crippen molar-refractivity contribution in [2.45, 2.75) is 38.6 Å². The first-order valence-electron chi connectivity index (χ1n) is 6.55. The van der Waals surface area contributed by atoms with Crippen LogP contribution in [0.2, 0.25) is 0 Å². The maximum absolute atomic E-state index is 12.3. The van der Waals surface area contributed by atoms with E-state index >= 15 is 0 Å². The molecule has 0 aliphatic heterocycles. The molecule has 0 aliphatic carbocycles. The Labute approximate surface area is 123 Å². The fourth-order valence-corrected chi connectivity index (χ4v) is 3.57. The van der Waals surface area contributed by atoms with E-state index in [-0.39, 0.29) is 41.9 Å². The van der Waals surface area contributed by atoms with E-state index in [0.29, 0.717) is 6.42 Å². The van der Waals surface area contributed by atoms with Crippen LogP contribution in [0.3, 0.4) is 0 Å². The lowest BCUT2D eigenvalue weighted by Gasteiger charge is -2.12. The summed E-state index contributed by atoms with van der Waals surface area (Å²) in [5.41, 5.74) is 0.549. The summed E-state index contributed by atoms with van der Waals surface area (Å²) < 4.78 is 28.2. The molecule has 8 nitrogen and oxygen atoms in total. The van der Waals surface area contributed by atoms with Crippen LogP contribution in [0.5, 0.6) is 0 Å². The van der Waals surface area contributed by atoms with Crippen molar-refractivity contribution in [3.8, 4) is 0 Å². The van der Waals surface area contributed by atoms with Gasteiger partial charge in [0.15, 0.2) is 0 Å². The summed E-state index contributed by atoms with van der Waals surface area (Å²) in [6.07, 6.45) is 0.499. The Kier molecular flexibility index (Phi) is 5.87. The van der Waals surface area contributed by atoms with Crippen LogP contribution in [-0.4, -0.2) is 47.5 Å². The number of nitrogens with one attached hydrogen (secondary N) is 1. The predicted molar refractivity (Wildman–Crippen MR) is 75.4 cm³/mol. The van der Waals surface area contributed by atoms with Crippen LogP contribution < -0.4 is 4.72 Å². The number of hydrogen-bond donors (Lipinski definition) is 3. The van der Waals surface area contributed by atoms with Crippen molar-refractivity contribution in [3.63, 3.8) is 0 Å². The summed E-state index contributed by atoms with van der Waals surface area (Å²) in [5, 5.41) is 21.5. The number of aryl methyl sites for hydroxylation is 1. The molecule has 0 aliphatic rings. The van der Waals surface area contributed by atoms with Gasteiger partial charge in [-0.2, -0.15) is 5.10 Å². The smallest absolute Gasteiger partial charge is 0.325 e. The van der Waals surface area contributed by atoms with Crippen LogP contribution in [0.15, 0.2) is 4.90 Å². The molecule has 0 fully saturated rings. The number of nitrogens with zero attached hydrogens (tertiary/aromatic N) is 2. The molecule has 1 unspecified atom stereocenters. The van der Waals surface area contributed by atoms with Gasteiger partial charge in [0, 0.05) is 13.2 Å². The van der Waals surface area contributed by atoms with Gasteiger partial charge in [-0.1, -0.05) is 6.92 Å². The molecular formula is C12H21N3O5S. The minimum atomic E-state index is -3.76. The largest absolute Gasteiger partial charge is 0.480 e. The summed E-state index contributed by atoms with van der Waals surface area (Å²) in [5.74, 6) is -1.09. The van der Waals surface area contributed by atoms with Gasteiger partial charge in [-0.25, -0.2) is 13.1 Å². The number of aliphatic hydroxyl groups is 1. The van der Waals surface area contributed by atoms with Gasteiger partial charge in [-0.15, -0.1) is 0 Å². The quantitative estimate of drug-likeness (QED) is 0.614. The van der Waals surface area contributed by atoms with Crippen LogP contribution in [0.4, 0.5) is 0 Å². The van der Waals surface area contributed by atoms with Crippen molar-refractivity contribution in [1.82, 2.24) is 14.5 Å². The highest BCUT2D eigenvalue weighted by molar-refractivity contribution is 7.89. The van der Waals surface area contributed by atoms with Gasteiger partial charge in [0.2, 0.25) is 10.0 Å². The summed E-state index contributed by atoms with van der Waals surface area (Å²) in [6.45, 7) is 4.69. The molecule has 21 heavy (non-hydrogen) atoms. The monoisotopic (exact) mass is 319 g/mol. The topological polar surface area (TPSA) is 122 Å². The number of hydrogen-bond acceptors (Lipinski definition) is 5. The first kappa shape index (κ1) is 17.6. The fourth-order valence-electron chi connectivity index (χ4n) is 2.00. The molecule has 0 saturated carbocycles. The third-order valence-electron chi connectivity index (χ3n) is 3.11. The molecule has 0 amide bonds. The third-order valence-corrected chi connectivity index (χ3v) is 4.79. The summed E-state index contributed by atoms with van der Waals surface area (Å²) >= 11 is 0. The first-order valence-corrected chi connectivity index (χ1v) is 8.03. The molecule has 3 N–H and O–H groups in total. The molecule has 0 bridgehead atoms. The maximum Gasteiger partial charge on any atom is 0.325 e. The second-order valence-corrected chi connectivity index (χ2v) is 6.72. The normalized spacial score (nSPS) is 13.3. The van der Waals surface area contributed by atoms with E-state index in [2.05, 4.69) is 9.82 Å². The number of aliphatic hydroxyl groups excluding tert-OH is 1. The van der Waals surface area contributed by atoms with E-state index < -0.39 is 16.0 Å². The molecular weight excluding hydrogens is 298 g/mol. The SMILES string of the molecule is Cc1nn(CC(=O)O)c(C)c1S(=O)(=O)NCC(C)CCO. The molecule has 1 heterocycles. The lowest BCUT2D eigenvalue weighted by Crippen LogP contribution is -2.29. The van der Waals surface area contributed by atoms with Gasteiger partial charge in [-0.05, 0) is 26.2 Å². The number of carboxylic acids is 1. The lowest BCUT2D eigenvalue weighted by molar-refractivity contribution is -0.137. The Morgan fingerprint density at radius 3 is 2.57 bits per heavy atom. The molecule has 1 aromatic rings. The molecule has 120 valence electrons. The van der Waals surface area contributed by atoms with Crippen molar-refractivity contribution in [1.29, 1.82) is 0 Å². The van der Waals surface area contributed by atoms with Gasteiger partial charge in [0.25, 0.3) is 0 Å². The van der Waals surface area contributed by atoms with E-state index in [1.165, 1.54) is 13.8 Å². The second-order valence-electron chi connectivity index (χ2n) is 5.02. The predicted octanol–water partition coefficient (Wildman–Crippen LogP) is -0.119. The van der Waals surface area contributed by atoms with Gasteiger partial charge >= 0.3 is 5.97 Å². The van der Waals surface area contributed by atoms with Gasteiger partial charge in [0.1, 0.15) is 11.4 Å². The van der Waals surface area contributed by atoms with E-state index in [4.69, 9.17) is 10.2 Å². The van der Waals surface area contributed by atoms with Crippen LogP contribution in [0.25, 0.3) is 0 Å². The first-order chi connectivity index (χ1) is 9.69. The fraction of sp³-hybridized carbons (Fsp3) is 0.667. The van der Waals surface area contributed by atoms with Crippen molar-refractivity contribution in [3.05, 3.63) is 11.4 Å². The highest BCUT2D eigenvalue weighted by atomic mass is 32.2. The van der Waals surface area contributed by atoms with E-state index in [0.717, 1.165) is 4.68 Å². The lowest BCUT2D eigenvalue weighted by atomic mass is 10.1. The number of carbonyl (C=O) groups is 1. The second kappa shape index (κ2) is 7.01. The number of aromatic nitrogens is 2. The minimum absolute atomic E-state index is 0.000508. The van der Waals surface area contributed by atoms with E-state index in [1.807, 2.05) is 6.92 Å². The summed E-state index contributed by atoms with van der Waals surface area (Å²) in [4.78, 5) is 10.7. The van der Waals surface area contributed by atoms with Crippen molar-refractivity contribution >= 4 is 16.0 Å². The van der Waals surface area contributed by atoms with Crippen molar-refractivity contribution in [2.75, 3.05) is 13.2 Å². The Morgan fingerprint density at radius 2 is 2.05 bits per heavy atom. The van der Waals surface area contributed by atoms with Gasteiger partial charge in [-0.3, -0.25) is 9.48 Å². The van der Waals surface area contributed by atoms with Crippen molar-refractivity contribution < 1.29 is 23.4 Å². The molecule has 0 aromatic carbocycles. The van der Waals surface area contributed by atoms with Crippen LogP contribution in [-0.2, 0) is 21.4 Å².